The molecule has 0 radical (unpaired) electrons. The number of aromatic nitrogens is 4. The first-order chi connectivity index (χ1) is 10.1. The quantitative estimate of drug-likeness (QED) is 0.635. The Morgan fingerprint density at radius 2 is 2.00 bits per heavy atom. The molecule has 0 bridgehead atoms. The Balaban J connectivity index is 2.29. The number of fused-ring (bicyclic) bond motifs is 1. The molecule has 8 heteroatoms. The molecule has 1 unspecified atom stereocenters. The number of carbonyl (C=O) groups is 1. The minimum absolute atomic E-state index is 0.124. The van der Waals surface area contributed by atoms with Gasteiger partial charge in [-0.25, -0.2) is 9.78 Å². The predicted octanol–water partition coefficient (Wildman–Crippen LogP) is 1.46. The number of H-pyrrole nitrogens is 2. The summed E-state index contributed by atoms with van der Waals surface area (Å²) in [6.45, 7) is 0. The summed E-state index contributed by atoms with van der Waals surface area (Å²) in [7, 11) is 0. The second-order valence-electron chi connectivity index (χ2n) is 4.41. The van der Waals surface area contributed by atoms with Gasteiger partial charge in [0.2, 0.25) is 0 Å². The number of benzene rings is 1. The summed E-state index contributed by atoms with van der Waals surface area (Å²) in [5.41, 5.74) is 0.432. The first-order valence-corrected chi connectivity index (χ1v) is 6.45. The molecule has 3 N–H and O–H groups in total. The molecule has 2 heterocycles. The van der Waals surface area contributed by atoms with Crippen LogP contribution in [0.5, 0.6) is 0 Å². The minimum Gasteiger partial charge on any atom is -0.479 e. The SMILES string of the molecule is O=C(O)C(c1ccccc1)n1cnc2[nH][nH]c(=O)c2c1=S. The molecule has 3 aromatic rings. The van der Waals surface area contributed by atoms with Crippen LogP contribution in [0.2, 0.25) is 0 Å². The highest BCUT2D eigenvalue weighted by Gasteiger charge is 2.23. The number of aromatic amines is 2. The van der Waals surface area contributed by atoms with Gasteiger partial charge in [-0.3, -0.25) is 15.0 Å². The molecule has 0 saturated carbocycles. The van der Waals surface area contributed by atoms with E-state index in [0.29, 0.717) is 11.2 Å². The van der Waals surface area contributed by atoms with Gasteiger partial charge in [-0.05, 0) is 5.56 Å². The first-order valence-electron chi connectivity index (χ1n) is 6.05. The first kappa shape index (κ1) is 13.3. The molecule has 106 valence electrons. The van der Waals surface area contributed by atoms with Crippen molar-refractivity contribution in [3.63, 3.8) is 0 Å². The zero-order chi connectivity index (χ0) is 15.0. The molecule has 0 amide bonds. The molecule has 1 atom stereocenters. The van der Waals surface area contributed by atoms with Crippen LogP contribution in [0.3, 0.4) is 0 Å². The summed E-state index contributed by atoms with van der Waals surface area (Å²) in [6.07, 6.45) is 1.32. The van der Waals surface area contributed by atoms with E-state index < -0.39 is 17.6 Å². The average molecular weight is 302 g/mol. The zero-order valence-electron chi connectivity index (χ0n) is 10.6. The van der Waals surface area contributed by atoms with Crippen molar-refractivity contribution in [2.24, 2.45) is 0 Å². The zero-order valence-corrected chi connectivity index (χ0v) is 11.4. The van der Waals surface area contributed by atoms with Crippen molar-refractivity contribution in [1.82, 2.24) is 19.7 Å². The highest BCUT2D eigenvalue weighted by Crippen LogP contribution is 2.20. The van der Waals surface area contributed by atoms with E-state index in [1.54, 1.807) is 30.3 Å². The van der Waals surface area contributed by atoms with Crippen molar-refractivity contribution in [2.45, 2.75) is 6.04 Å². The van der Waals surface area contributed by atoms with E-state index in [9.17, 15) is 14.7 Å². The number of hydrogen-bond acceptors (Lipinski definition) is 4. The Hall–Kier alpha value is -2.74. The Morgan fingerprint density at radius 1 is 1.29 bits per heavy atom. The van der Waals surface area contributed by atoms with Crippen LogP contribution in [0.1, 0.15) is 11.6 Å². The van der Waals surface area contributed by atoms with Crippen LogP contribution in [0, 0.1) is 4.64 Å². The fourth-order valence-electron chi connectivity index (χ4n) is 2.19. The topological polar surface area (TPSA) is 104 Å². The molecule has 0 saturated heterocycles. The van der Waals surface area contributed by atoms with Crippen LogP contribution < -0.4 is 5.56 Å². The lowest BCUT2D eigenvalue weighted by Gasteiger charge is -2.16. The van der Waals surface area contributed by atoms with E-state index in [0.717, 1.165) is 0 Å². The number of rotatable bonds is 3. The fourth-order valence-corrected chi connectivity index (χ4v) is 2.53. The van der Waals surface area contributed by atoms with Gasteiger partial charge in [0, 0.05) is 0 Å². The maximum atomic E-state index is 11.7. The van der Waals surface area contributed by atoms with E-state index in [2.05, 4.69) is 15.2 Å². The predicted molar refractivity (Wildman–Crippen MR) is 77.8 cm³/mol. The number of nitrogens with zero attached hydrogens (tertiary/aromatic N) is 2. The summed E-state index contributed by atoms with van der Waals surface area (Å²) in [6, 6.07) is 7.61. The molecular weight excluding hydrogens is 292 g/mol. The molecule has 0 aliphatic rings. The molecule has 0 aliphatic heterocycles. The molecule has 2 aromatic heterocycles. The summed E-state index contributed by atoms with van der Waals surface area (Å²) in [4.78, 5) is 27.4. The van der Waals surface area contributed by atoms with Gasteiger partial charge in [0.1, 0.15) is 10.0 Å². The third-order valence-corrected chi connectivity index (χ3v) is 3.56. The van der Waals surface area contributed by atoms with Crippen LogP contribution in [-0.2, 0) is 4.79 Å². The Bertz CT molecular complexity index is 926. The highest BCUT2D eigenvalue weighted by molar-refractivity contribution is 7.71. The Labute approximate surface area is 122 Å². The van der Waals surface area contributed by atoms with Crippen LogP contribution in [0.15, 0.2) is 41.5 Å². The van der Waals surface area contributed by atoms with Crippen molar-refractivity contribution in [3.05, 3.63) is 57.2 Å². The molecule has 7 nitrogen and oxygen atoms in total. The van der Waals surface area contributed by atoms with Crippen molar-refractivity contribution < 1.29 is 9.90 Å². The average Bonchev–Trinajstić information content (AvgIpc) is 2.85. The maximum absolute atomic E-state index is 11.7. The normalized spacial score (nSPS) is 12.4. The van der Waals surface area contributed by atoms with Crippen LogP contribution in [0.25, 0.3) is 11.0 Å². The van der Waals surface area contributed by atoms with E-state index >= 15 is 0 Å². The molecule has 0 aliphatic carbocycles. The molecule has 1 aromatic carbocycles. The lowest BCUT2D eigenvalue weighted by atomic mass is 10.1. The monoisotopic (exact) mass is 302 g/mol. The van der Waals surface area contributed by atoms with Gasteiger partial charge < -0.3 is 9.67 Å². The fraction of sp³-hybridized carbons (Fsp3) is 0.0769. The molecule has 21 heavy (non-hydrogen) atoms. The van der Waals surface area contributed by atoms with Crippen molar-refractivity contribution in [1.29, 1.82) is 0 Å². The second-order valence-corrected chi connectivity index (χ2v) is 4.80. The summed E-state index contributed by atoms with van der Waals surface area (Å²) in [5, 5.41) is 14.7. The van der Waals surface area contributed by atoms with Gasteiger partial charge in [-0.2, -0.15) is 0 Å². The van der Waals surface area contributed by atoms with Gasteiger partial charge in [-0.15, -0.1) is 0 Å². The van der Waals surface area contributed by atoms with E-state index in [1.807, 2.05) is 0 Å². The maximum Gasteiger partial charge on any atom is 0.331 e. The largest absolute Gasteiger partial charge is 0.479 e. The summed E-state index contributed by atoms with van der Waals surface area (Å²) in [5.74, 6) is -1.08. The van der Waals surface area contributed by atoms with Crippen LogP contribution >= 0.6 is 12.2 Å². The Kier molecular flexibility index (Phi) is 3.15. The molecule has 0 fully saturated rings. The highest BCUT2D eigenvalue weighted by atomic mass is 32.1. The molecule has 0 spiro atoms. The molecule has 3 rings (SSSR count). The number of hydrogen-bond donors (Lipinski definition) is 3. The number of carboxylic acid groups (broad SMARTS) is 1. The van der Waals surface area contributed by atoms with E-state index in [4.69, 9.17) is 12.2 Å². The van der Waals surface area contributed by atoms with Crippen LogP contribution in [-0.4, -0.2) is 30.8 Å². The lowest BCUT2D eigenvalue weighted by molar-refractivity contribution is -0.139. The van der Waals surface area contributed by atoms with Crippen molar-refractivity contribution >= 4 is 29.2 Å². The standard InChI is InChI=1S/C13H10N4O3S/c18-11-8-10(15-16-11)14-6-17(12(8)21)9(13(19)20)7-4-2-1-3-5-7/h1-6,9H,(H,19,20)(H2,15,16,18). The Morgan fingerprint density at radius 3 is 2.67 bits per heavy atom. The summed E-state index contributed by atoms with van der Waals surface area (Å²) >= 11 is 5.25. The van der Waals surface area contributed by atoms with Crippen molar-refractivity contribution in [3.8, 4) is 0 Å². The minimum atomic E-state index is -1.08. The van der Waals surface area contributed by atoms with Gasteiger partial charge in [-0.1, -0.05) is 42.5 Å². The smallest absolute Gasteiger partial charge is 0.331 e. The van der Waals surface area contributed by atoms with Gasteiger partial charge in [0.05, 0.1) is 6.33 Å². The lowest BCUT2D eigenvalue weighted by Crippen LogP contribution is -2.22. The van der Waals surface area contributed by atoms with Gasteiger partial charge in [0.25, 0.3) is 5.56 Å². The van der Waals surface area contributed by atoms with E-state index in [-0.39, 0.29) is 10.0 Å². The summed E-state index contributed by atoms with van der Waals surface area (Å²) < 4.78 is 1.43. The third-order valence-electron chi connectivity index (χ3n) is 3.15. The van der Waals surface area contributed by atoms with Gasteiger partial charge >= 0.3 is 5.97 Å². The van der Waals surface area contributed by atoms with Crippen molar-refractivity contribution in [2.75, 3.05) is 0 Å². The number of nitrogens with one attached hydrogen (secondary N) is 2. The van der Waals surface area contributed by atoms with E-state index in [1.165, 1.54) is 10.9 Å². The second kappa shape index (κ2) is 4.98. The van der Waals surface area contributed by atoms with Crippen LogP contribution in [0.4, 0.5) is 0 Å². The number of carboxylic acids is 1. The number of aliphatic carboxylic acids is 1. The third kappa shape index (κ3) is 2.15. The van der Waals surface area contributed by atoms with Gasteiger partial charge in [0.15, 0.2) is 11.7 Å². The molecular formula is C13H10N4O3S.